The lowest BCUT2D eigenvalue weighted by Crippen LogP contribution is -2.45. The van der Waals surface area contributed by atoms with E-state index in [1.807, 2.05) is 4.90 Å². The van der Waals surface area contributed by atoms with Gasteiger partial charge in [0.15, 0.2) is 0 Å². The molecular weight excluding hydrogens is 247 g/mol. The van der Waals surface area contributed by atoms with E-state index in [9.17, 15) is 18.0 Å². The number of esters is 1. The molecule has 1 saturated heterocycles. The number of alkyl halides is 3. The Balaban J connectivity index is 2.32. The second-order valence-electron chi connectivity index (χ2n) is 4.64. The lowest BCUT2D eigenvalue weighted by molar-refractivity contribution is -0.148. The zero-order valence-electron chi connectivity index (χ0n) is 10.6. The highest BCUT2D eigenvalue weighted by atomic mass is 19.4. The molecule has 1 aliphatic rings. The predicted molar refractivity (Wildman–Crippen MR) is 61.1 cm³/mol. The van der Waals surface area contributed by atoms with Gasteiger partial charge >= 0.3 is 12.1 Å². The maximum atomic E-state index is 12.0. The Kier molecular flexibility index (Phi) is 5.91. The fraction of sp³-hybridized carbons (Fsp3) is 0.917. The molecule has 0 bridgehead atoms. The first-order chi connectivity index (χ1) is 8.44. The van der Waals surface area contributed by atoms with Crippen molar-refractivity contribution in [3.8, 4) is 0 Å². The Morgan fingerprint density at radius 2 is 2.06 bits per heavy atom. The summed E-state index contributed by atoms with van der Waals surface area (Å²) < 4.78 is 40.7. The molecule has 3 nitrogen and oxygen atoms in total. The predicted octanol–water partition coefficient (Wildman–Crippen LogP) is 2.75. The molecule has 1 atom stereocenters. The summed E-state index contributed by atoms with van der Waals surface area (Å²) in [5, 5.41) is 0. The van der Waals surface area contributed by atoms with E-state index >= 15 is 0 Å². The minimum absolute atomic E-state index is 0.119. The van der Waals surface area contributed by atoms with Crippen LogP contribution in [0.1, 0.15) is 38.5 Å². The zero-order valence-corrected chi connectivity index (χ0v) is 10.6. The molecule has 0 N–H and O–H groups in total. The highest BCUT2D eigenvalue weighted by Gasteiger charge is 2.30. The van der Waals surface area contributed by atoms with Gasteiger partial charge in [-0.1, -0.05) is 6.42 Å². The molecule has 0 aromatic rings. The molecule has 0 radical (unpaired) electrons. The number of unbranched alkanes of at least 4 members (excludes halogenated alkanes) is 1. The van der Waals surface area contributed by atoms with Crippen molar-refractivity contribution in [3.63, 3.8) is 0 Å². The van der Waals surface area contributed by atoms with Crippen LogP contribution in [0.5, 0.6) is 0 Å². The summed E-state index contributed by atoms with van der Waals surface area (Å²) in [6.45, 7) is 1.31. The SMILES string of the molecule is COC(=O)[C@@H]1CCCCN1CCCCC(F)(F)F. The van der Waals surface area contributed by atoms with Crippen LogP contribution in [0, 0.1) is 0 Å². The molecule has 1 heterocycles. The van der Waals surface area contributed by atoms with Gasteiger partial charge in [-0.15, -0.1) is 0 Å². The van der Waals surface area contributed by atoms with Crippen molar-refractivity contribution in [3.05, 3.63) is 0 Å². The quantitative estimate of drug-likeness (QED) is 0.566. The maximum absolute atomic E-state index is 12.0. The van der Waals surface area contributed by atoms with E-state index in [-0.39, 0.29) is 18.4 Å². The van der Waals surface area contributed by atoms with E-state index in [1.165, 1.54) is 7.11 Å². The summed E-state index contributed by atoms with van der Waals surface area (Å²) in [7, 11) is 1.35. The van der Waals surface area contributed by atoms with E-state index in [4.69, 9.17) is 4.74 Å². The Morgan fingerprint density at radius 1 is 1.33 bits per heavy atom. The smallest absolute Gasteiger partial charge is 0.389 e. The van der Waals surface area contributed by atoms with Crippen LogP contribution in [0.2, 0.25) is 0 Å². The van der Waals surface area contributed by atoms with Gasteiger partial charge in [0.2, 0.25) is 0 Å². The monoisotopic (exact) mass is 267 g/mol. The number of hydrogen-bond acceptors (Lipinski definition) is 3. The first-order valence-corrected chi connectivity index (χ1v) is 6.32. The summed E-state index contributed by atoms with van der Waals surface area (Å²) in [6, 6.07) is -0.269. The molecule has 0 spiro atoms. The minimum Gasteiger partial charge on any atom is -0.468 e. The molecular formula is C12H20F3NO2. The second kappa shape index (κ2) is 6.97. The van der Waals surface area contributed by atoms with Crippen molar-refractivity contribution < 1.29 is 22.7 Å². The average Bonchev–Trinajstić information content (AvgIpc) is 2.33. The van der Waals surface area contributed by atoms with Crippen molar-refractivity contribution in [1.29, 1.82) is 0 Å². The van der Waals surface area contributed by atoms with Crippen LogP contribution < -0.4 is 0 Å². The first-order valence-electron chi connectivity index (χ1n) is 6.32. The van der Waals surface area contributed by atoms with Crippen LogP contribution >= 0.6 is 0 Å². The van der Waals surface area contributed by atoms with Gasteiger partial charge in [0, 0.05) is 6.42 Å². The summed E-state index contributed by atoms with van der Waals surface area (Å²) >= 11 is 0. The molecule has 106 valence electrons. The average molecular weight is 267 g/mol. The van der Waals surface area contributed by atoms with Crippen LogP contribution in [0.25, 0.3) is 0 Å². The summed E-state index contributed by atoms with van der Waals surface area (Å²) in [6.07, 6.45) is -1.54. The van der Waals surface area contributed by atoms with Gasteiger partial charge < -0.3 is 4.74 Å². The number of carbonyl (C=O) groups is 1. The van der Waals surface area contributed by atoms with Crippen molar-refractivity contribution in [2.75, 3.05) is 20.2 Å². The highest BCUT2D eigenvalue weighted by molar-refractivity contribution is 5.75. The van der Waals surface area contributed by atoms with Crippen molar-refractivity contribution >= 4 is 5.97 Å². The molecule has 6 heteroatoms. The van der Waals surface area contributed by atoms with E-state index in [0.29, 0.717) is 13.0 Å². The number of nitrogens with zero attached hydrogens (tertiary/aromatic N) is 1. The van der Waals surface area contributed by atoms with Crippen molar-refractivity contribution in [2.24, 2.45) is 0 Å². The molecule has 0 aromatic carbocycles. The highest BCUT2D eigenvalue weighted by Crippen LogP contribution is 2.23. The normalized spacial score (nSPS) is 21.9. The molecule has 1 fully saturated rings. The minimum atomic E-state index is -4.08. The number of halogens is 3. The van der Waals surface area contributed by atoms with Crippen LogP contribution in [0.15, 0.2) is 0 Å². The van der Waals surface area contributed by atoms with E-state index < -0.39 is 12.6 Å². The van der Waals surface area contributed by atoms with Crippen LogP contribution in [0.3, 0.4) is 0 Å². The largest absolute Gasteiger partial charge is 0.468 e. The van der Waals surface area contributed by atoms with Crippen LogP contribution in [0.4, 0.5) is 13.2 Å². The van der Waals surface area contributed by atoms with Crippen LogP contribution in [-0.4, -0.2) is 43.3 Å². The number of hydrogen-bond donors (Lipinski definition) is 0. The third-order valence-corrected chi connectivity index (χ3v) is 3.24. The lowest BCUT2D eigenvalue weighted by Gasteiger charge is -2.33. The lowest BCUT2D eigenvalue weighted by atomic mass is 10.0. The van der Waals surface area contributed by atoms with E-state index in [0.717, 1.165) is 25.8 Å². The summed E-state index contributed by atoms with van der Waals surface area (Å²) in [5.74, 6) is -0.273. The fourth-order valence-electron chi connectivity index (χ4n) is 2.30. The summed E-state index contributed by atoms with van der Waals surface area (Å²) in [4.78, 5) is 13.5. The van der Waals surface area contributed by atoms with Gasteiger partial charge in [0.25, 0.3) is 0 Å². The molecule has 18 heavy (non-hydrogen) atoms. The van der Waals surface area contributed by atoms with E-state index in [2.05, 4.69) is 0 Å². The topological polar surface area (TPSA) is 29.5 Å². The summed E-state index contributed by atoms with van der Waals surface area (Å²) in [5.41, 5.74) is 0. The van der Waals surface area contributed by atoms with Crippen molar-refractivity contribution in [2.45, 2.75) is 50.7 Å². The molecule has 1 rings (SSSR count). The fourth-order valence-corrected chi connectivity index (χ4v) is 2.30. The number of methoxy groups -OCH3 is 1. The van der Waals surface area contributed by atoms with E-state index in [1.54, 1.807) is 0 Å². The zero-order chi connectivity index (χ0) is 13.6. The van der Waals surface area contributed by atoms with Crippen molar-refractivity contribution in [1.82, 2.24) is 4.90 Å². The number of rotatable bonds is 5. The Hall–Kier alpha value is -0.780. The molecule has 0 aromatic heterocycles. The number of carbonyl (C=O) groups excluding carboxylic acids is 1. The molecule has 0 saturated carbocycles. The van der Waals surface area contributed by atoms with Gasteiger partial charge in [-0.25, -0.2) is 0 Å². The Morgan fingerprint density at radius 3 is 2.67 bits per heavy atom. The Bertz CT molecular complexity index is 269. The van der Waals surface area contributed by atoms with Crippen LogP contribution in [-0.2, 0) is 9.53 Å². The molecule has 0 aliphatic carbocycles. The molecule has 0 unspecified atom stereocenters. The number of piperidine rings is 1. The second-order valence-corrected chi connectivity index (χ2v) is 4.64. The third kappa shape index (κ3) is 5.25. The van der Waals surface area contributed by atoms with Gasteiger partial charge in [0.1, 0.15) is 6.04 Å². The number of ether oxygens (including phenoxy) is 1. The molecule has 1 aliphatic heterocycles. The van der Waals surface area contributed by atoms with Gasteiger partial charge in [0.05, 0.1) is 7.11 Å². The van der Waals surface area contributed by atoms with Gasteiger partial charge in [-0.3, -0.25) is 9.69 Å². The number of likely N-dealkylation sites (tertiary alicyclic amines) is 1. The standard InChI is InChI=1S/C12H20F3NO2/c1-18-11(17)10-6-2-4-8-16(10)9-5-3-7-12(13,14)15/h10H,2-9H2,1H3/t10-/m0/s1. The van der Waals surface area contributed by atoms with Gasteiger partial charge in [-0.05, 0) is 38.8 Å². The maximum Gasteiger partial charge on any atom is 0.389 e. The molecule has 0 amide bonds. The third-order valence-electron chi connectivity index (χ3n) is 3.24. The van der Waals surface area contributed by atoms with Gasteiger partial charge in [-0.2, -0.15) is 13.2 Å². The Labute approximate surface area is 105 Å². The first kappa shape index (κ1) is 15.3.